The minimum Gasteiger partial charge on any atom is -0.411 e. The molecule has 4 nitrogen and oxygen atoms in total. The average molecular weight is 283 g/mol. The predicted molar refractivity (Wildman–Crippen MR) is 78.2 cm³/mol. The summed E-state index contributed by atoms with van der Waals surface area (Å²) in [5.41, 5.74) is 2.12. The third-order valence-corrected chi connectivity index (χ3v) is 3.87. The molecule has 0 radical (unpaired) electrons. The molecule has 0 aliphatic carbocycles. The van der Waals surface area contributed by atoms with Crippen molar-refractivity contribution in [1.82, 2.24) is 15.2 Å². The molecule has 2 heterocycles. The van der Waals surface area contributed by atoms with Gasteiger partial charge in [0, 0.05) is 23.2 Å². The zero-order valence-electron chi connectivity index (χ0n) is 10.9. The number of rotatable bonds is 4. The maximum Gasteiger partial charge on any atom is 0.277 e. The molecular formula is C15H13N3OS. The van der Waals surface area contributed by atoms with Crippen molar-refractivity contribution >= 4 is 11.8 Å². The molecule has 0 saturated carbocycles. The van der Waals surface area contributed by atoms with Gasteiger partial charge < -0.3 is 4.42 Å². The van der Waals surface area contributed by atoms with Crippen molar-refractivity contribution in [3.8, 4) is 11.5 Å². The highest BCUT2D eigenvalue weighted by Gasteiger charge is 2.13. The van der Waals surface area contributed by atoms with Crippen LogP contribution in [0, 0.1) is 0 Å². The van der Waals surface area contributed by atoms with Gasteiger partial charge in [0.05, 0.1) is 0 Å². The molecule has 0 N–H and O–H groups in total. The van der Waals surface area contributed by atoms with E-state index >= 15 is 0 Å². The molecule has 1 atom stereocenters. The van der Waals surface area contributed by atoms with Gasteiger partial charge in [0.1, 0.15) is 0 Å². The van der Waals surface area contributed by atoms with E-state index in [9.17, 15) is 0 Å². The Morgan fingerprint density at radius 3 is 2.50 bits per heavy atom. The van der Waals surface area contributed by atoms with Crippen molar-refractivity contribution < 1.29 is 4.42 Å². The van der Waals surface area contributed by atoms with Crippen molar-refractivity contribution in [2.45, 2.75) is 17.4 Å². The van der Waals surface area contributed by atoms with Crippen LogP contribution in [0.2, 0.25) is 0 Å². The summed E-state index contributed by atoms with van der Waals surface area (Å²) < 4.78 is 5.67. The fraction of sp³-hybridized carbons (Fsp3) is 0.133. The molecule has 0 fully saturated rings. The summed E-state index contributed by atoms with van der Waals surface area (Å²) in [5.74, 6) is 0.523. The van der Waals surface area contributed by atoms with Crippen LogP contribution in [-0.2, 0) is 0 Å². The number of hydrogen-bond donors (Lipinski definition) is 0. The van der Waals surface area contributed by atoms with Crippen LogP contribution in [0.1, 0.15) is 17.7 Å². The predicted octanol–water partition coefficient (Wildman–Crippen LogP) is 3.98. The van der Waals surface area contributed by atoms with Gasteiger partial charge in [-0.3, -0.25) is 4.98 Å². The van der Waals surface area contributed by atoms with Crippen molar-refractivity contribution in [3.63, 3.8) is 0 Å². The Morgan fingerprint density at radius 2 is 1.75 bits per heavy atom. The molecule has 3 aromatic rings. The quantitative estimate of drug-likeness (QED) is 0.678. The van der Waals surface area contributed by atoms with Crippen molar-refractivity contribution in [1.29, 1.82) is 0 Å². The topological polar surface area (TPSA) is 51.8 Å². The van der Waals surface area contributed by atoms with E-state index in [4.69, 9.17) is 4.42 Å². The molecule has 0 aliphatic rings. The SMILES string of the molecule is C[C@H](Sc1nnc(-c2ccncc2)o1)c1ccccc1. The average Bonchev–Trinajstić information content (AvgIpc) is 2.97. The van der Waals surface area contributed by atoms with Crippen LogP contribution in [0.5, 0.6) is 0 Å². The lowest BCUT2D eigenvalue weighted by Crippen LogP contribution is -1.87. The molecular weight excluding hydrogens is 270 g/mol. The number of hydrogen-bond acceptors (Lipinski definition) is 5. The normalized spacial score (nSPS) is 12.2. The van der Waals surface area contributed by atoms with Crippen LogP contribution >= 0.6 is 11.8 Å². The smallest absolute Gasteiger partial charge is 0.277 e. The number of pyridine rings is 1. The summed E-state index contributed by atoms with van der Waals surface area (Å²) in [6.45, 7) is 2.12. The van der Waals surface area contributed by atoms with Gasteiger partial charge in [-0.15, -0.1) is 10.2 Å². The standard InChI is InChI=1S/C15H13N3OS/c1-11(12-5-3-2-4-6-12)20-15-18-17-14(19-15)13-7-9-16-10-8-13/h2-11H,1H3/t11-/m0/s1. The van der Waals surface area contributed by atoms with Crippen LogP contribution in [-0.4, -0.2) is 15.2 Å². The highest BCUT2D eigenvalue weighted by molar-refractivity contribution is 7.99. The second kappa shape index (κ2) is 5.88. The molecule has 3 rings (SSSR count). The van der Waals surface area contributed by atoms with E-state index in [0.29, 0.717) is 11.1 Å². The van der Waals surface area contributed by atoms with Gasteiger partial charge in [0.2, 0.25) is 5.89 Å². The second-order valence-electron chi connectivity index (χ2n) is 4.28. The number of thioether (sulfide) groups is 1. The van der Waals surface area contributed by atoms with E-state index in [1.165, 1.54) is 5.56 Å². The van der Waals surface area contributed by atoms with E-state index in [0.717, 1.165) is 5.56 Å². The van der Waals surface area contributed by atoms with Gasteiger partial charge in [-0.05, 0) is 24.6 Å². The zero-order chi connectivity index (χ0) is 13.8. The molecule has 0 amide bonds. The van der Waals surface area contributed by atoms with Gasteiger partial charge in [-0.25, -0.2) is 0 Å². The van der Waals surface area contributed by atoms with Gasteiger partial charge >= 0.3 is 0 Å². The number of benzene rings is 1. The minimum atomic E-state index is 0.266. The summed E-state index contributed by atoms with van der Waals surface area (Å²) >= 11 is 1.56. The fourth-order valence-electron chi connectivity index (χ4n) is 1.81. The van der Waals surface area contributed by atoms with Crippen molar-refractivity contribution in [3.05, 3.63) is 60.4 Å². The lowest BCUT2D eigenvalue weighted by molar-refractivity contribution is 0.465. The Labute approximate surface area is 121 Å². The lowest BCUT2D eigenvalue weighted by Gasteiger charge is -2.07. The first-order valence-electron chi connectivity index (χ1n) is 6.28. The van der Waals surface area contributed by atoms with E-state index < -0.39 is 0 Å². The third kappa shape index (κ3) is 2.88. The van der Waals surface area contributed by atoms with Crippen LogP contribution in [0.15, 0.2) is 64.5 Å². The van der Waals surface area contributed by atoms with Gasteiger partial charge in [-0.1, -0.05) is 42.1 Å². The minimum absolute atomic E-state index is 0.266. The second-order valence-corrected chi connectivity index (χ2v) is 5.57. The molecule has 20 heavy (non-hydrogen) atoms. The summed E-state index contributed by atoms with van der Waals surface area (Å²) in [6.07, 6.45) is 3.41. The van der Waals surface area contributed by atoms with Crippen molar-refractivity contribution in [2.24, 2.45) is 0 Å². The van der Waals surface area contributed by atoms with Gasteiger partial charge in [0.25, 0.3) is 5.22 Å². The molecule has 0 bridgehead atoms. The zero-order valence-corrected chi connectivity index (χ0v) is 11.7. The Bertz CT molecular complexity index is 670. The third-order valence-electron chi connectivity index (χ3n) is 2.88. The first kappa shape index (κ1) is 12.9. The highest BCUT2D eigenvalue weighted by Crippen LogP contribution is 2.34. The van der Waals surface area contributed by atoms with Gasteiger partial charge in [-0.2, -0.15) is 0 Å². The van der Waals surface area contributed by atoms with E-state index in [2.05, 4.69) is 34.2 Å². The number of nitrogens with zero attached hydrogens (tertiary/aromatic N) is 3. The van der Waals surface area contributed by atoms with Gasteiger partial charge in [0.15, 0.2) is 0 Å². The Balaban J connectivity index is 1.75. The summed E-state index contributed by atoms with van der Waals surface area (Å²) in [7, 11) is 0. The lowest BCUT2D eigenvalue weighted by atomic mass is 10.2. The van der Waals surface area contributed by atoms with E-state index in [1.807, 2.05) is 30.3 Å². The summed E-state index contributed by atoms with van der Waals surface area (Å²) in [4.78, 5) is 3.97. The first-order chi connectivity index (χ1) is 9.83. The Kier molecular flexibility index (Phi) is 3.78. The molecule has 0 spiro atoms. The monoisotopic (exact) mass is 283 g/mol. The molecule has 0 unspecified atom stereocenters. The fourth-order valence-corrected chi connectivity index (χ4v) is 2.62. The first-order valence-corrected chi connectivity index (χ1v) is 7.16. The largest absolute Gasteiger partial charge is 0.411 e. The van der Waals surface area contributed by atoms with Crippen molar-refractivity contribution in [2.75, 3.05) is 0 Å². The molecule has 0 aliphatic heterocycles. The number of aromatic nitrogens is 3. The van der Waals surface area contributed by atoms with Crippen LogP contribution < -0.4 is 0 Å². The Hall–Kier alpha value is -2.14. The molecule has 0 saturated heterocycles. The van der Waals surface area contributed by atoms with E-state index in [-0.39, 0.29) is 5.25 Å². The Morgan fingerprint density at radius 1 is 1.00 bits per heavy atom. The van der Waals surface area contributed by atoms with Crippen LogP contribution in [0.4, 0.5) is 0 Å². The highest BCUT2D eigenvalue weighted by atomic mass is 32.2. The molecule has 100 valence electrons. The van der Waals surface area contributed by atoms with Crippen LogP contribution in [0.3, 0.4) is 0 Å². The summed E-state index contributed by atoms with van der Waals surface area (Å²) in [5, 5.41) is 8.99. The van der Waals surface area contributed by atoms with Crippen LogP contribution in [0.25, 0.3) is 11.5 Å². The molecule has 1 aromatic carbocycles. The molecule has 5 heteroatoms. The van der Waals surface area contributed by atoms with E-state index in [1.54, 1.807) is 24.2 Å². The maximum absolute atomic E-state index is 5.67. The summed E-state index contributed by atoms with van der Waals surface area (Å²) in [6, 6.07) is 14.0. The maximum atomic E-state index is 5.67. The molecule has 2 aromatic heterocycles.